The Kier molecular flexibility index (Phi) is 9.83. The smallest absolute Gasteiger partial charge is 0.265 e. The van der Waals surface area contributed by atoms with Gasteiger partial charge in [0.05, 0.1) is 31.9 Å². The molecule has 1 aliphatic carbocycles. The maximum Gasteiger partial charge on any atom is 0.265 e. The van der Waals surface area contributed by atoms with Crippen LogP contribution in [0.3, 0.4) is 0 Å². The van der Waals surface area contributed by atoms with Gasteiger partial charge in [0.25, 0.3) is 15.9 Å². The fourth-order valence-electron chi connectivity index (χ4n) is 3.99. The molecule has 2 aromatic carbocycles. The van der Waals surface area contributed by atoms with E-state index in [0.29, 0.717) is 5.75 Å². The van der Waals surface area contributed by atoms with Crippen molar-refractivity contribution in [3.05, 3.63) is 41.4 Å². The third-order valence-electron chi connectivity index (χ3n) is 5.91. The SMILES string of the molecule is COc1ccc(S(=O)(=O)N(CC(=O)NN=C2CCCCCCC2)c2cc(Cl)ccc2OC)cc1OC. The van der Waals surface area contributed by atoms with Crippen molar-refractivity contribution < 1.29 is 27.4 Å². The molecular weight excluding hydrogens is 506 g/mol. The van der Waals surface area contributed by atoms with E-state index < -0.39 is 22.5 Å². The molecule has 196 valence electrons. The number of nitrogens with zero attached hydrogens (tertiary/aromatic N) is 2. The molecule has 1 fully saturated rings. The number of methoxy groups -OCH3 is 3. The monoisotopic (exact) mass is 537 g/mol. The summed E-state index contributed by atoms with van der Waals surface area (Å²) in [4.78, 5) is 12.9. The van der Waals surface area contributed by atoms with Gasteiger partial charge in [0.15, 0.2) is 11.5 Å². The molecule has 1 amide bonds. The molecule has 0 saturated heterocycles. The lowest BCUT2D eigenvalue weighted by atomic mass is 9.99. The Bertz CT molecular complexity index is 1190. The van der Waals surface area contributed by atoms with Gasteiger partial charge in [0.1, 0.15) is 12.3 Å². The van der Waals surface area contributed by atoms with E-state index in [1.165, 1.54) is 52.0 Å². The molecule has 0 atom stereocenters. The molecular formula is C25H32ClN3O6S. The van der Waals surface area contributed by atoms with Crippen molar-refractivity contribution in [1.82, 2.24) is 5.43 Å². The molecule has 0 spiro atoms. The van der Waals surface area contributed by atoms with E-state index in [2.05, 4.69) is 10.5 Å². The summed E-state index contributed by atoms with van der Waals surface area (Å²) in [6.45, 7) is -0.538. The van der Waals surface area contributed by atoms with Gasteiger partial charge in [-0.2, -0.15) is 5.10 Å². The molecule has 11 heteroatoms. The van der Waals surface area contributed by atoms with Crippen LogP contribution in [-0.4, -0.2) is 47.9 Å². The van der Waals surface area contributed by atoms with Crippen LogP contribution in [0.5, 0.6) is 17.2 Å². The average molecular weight is 538 g/mol. The average Bonchev–Trinajstić information content (AvgIpc) is 2.86. The topological polar surface area (TPSA) is 107 Å². The van der Waals surface area contributed by atoms with Crippen LogP contribution >= 0.6 is 11.6 Å². The van der Waals surface area contributed by atoms with E-state index in [1.54, 1.807) is 12.1 Å². The van der Waals surface area contributed by atoms with Crippen molar-refractivity contribution in [2.45, 2.75) is 49.8 Å². The summed E-state index contributed by atoms with van der Waals surface area (Å²) in [5.41, 5.74) is 3.58. The van der Waals surface area contributed by atoms with Gasteiger partial charge in [0, 0.05) is 16.8 Å². The highest BCUT2D eigenvalue weighted by Crippen LogP contribution is 2.37. The molecule has 1 N–H and O–H groups in total. The number of amides is 1. The second-order valence-electron chi connectivity index (χ2n) is 8.33. The van der Waals surface area contributed by atoms with E-state index in [1.807, 2.05) is 0 Å². The Balaban J connectivity index is 1.97. The van der Waals surface area contributed by atoms with Crippen molar-refractivity contribution in [3.63, 3.8) is 0 Å². The molecule has 0 heterocycles. The van der Waals surface area contributed by atoms with Gasteiger partial charge in [-0.3, -0.25) is 9.10 Å². The number of hydrogen-bond donors (Lipinski definition) is 1. The summed E-state index contributed by atoms with van der Waals surface area (Å²) >= 11 is 6.19. The van der Waals surface area contributed by atoms with Crippen molar-refractivity contribution in [1.29, 1.82) is 0 Å². The Morgan fingerprint density at radius 2 is 1.53 bits per heavy atom. The third kappa shape index (κ3) is 6.82. The summed E-state index contributed by atoms with van der Waals surface area (Å²) in [6.07, 6.45) is 7.16. The van der Waals surface area contributed by atoms with Gasteiger partial charge in [-0.1, -0.05) is 30.9 Å². The summed E-state index contributed by atoms with van der Waals surface area (Å²) < 4.78 is 44.5. The molecule has 0 aromatic heterocycles. The van der Waals surface area contributed by atoms with Crippen LogP contribution in [0.4, 0.5) is 5.69 Å². The summed E-state index contributed by atoms with van der Waals surface area (Å²) in [6, 6.07) is 8.76. The number of hydrazone groups is 1. The fourth-order valence-corrected chi connectivity index (χ4v) is 5.60. The fraction of sp³-hybridized carbons (Fsp3) is 0.440. The van der Waals surface area contributed by atoms with E-state index in [0.717, 1.165) is 48.5 Å². The largest absolute Gasteiger partial charge is 0.495 e. The Morgan fingerprint density at radius 1 is 0.917 bits per heavy atom. The van der Waals surface area contributed by atoms with Crippen LogP contribution in [0.25, 0.3) is 0 Å². The van der Waals surface area contributed by atoms with Crippen molar-refractivity contribution >= 4 is 38.9 Å². The highest BCUT2D eigenvalue weighted by Gasteiger charge is 2.30. The minimum atomic E-state index is -4.26. The molecule has 9 nitrogen and oxygen atoms in total. The van der Waals surface area contributed by atoms with Crippen LogP contribution in [0.15, 0.2) is 46.4 Å². The Labute approximate surface area is 217 Å². The number of rotatable bonds is 9. The third-order valence-corrected chi connectivity index (χ3v) is 7.90. The molecule has 2 aromatic rings. The zero-order valence-corrected chi connectivity index (χ0v) is 22.3. The molecule has 3 rings (SSSR count). The first-order valence-corrected chi connectivity index (χ1v) is 13.5. The van der Waals surface area contributed by atoms with Crippen LogP contribution in [-0.2, 0) is 14.8 Å². The highest BCUT2D eigenvalue weighted by atomic mass is 35.5. The number of halogens is 1. The molecule has 0 bridgehead atoms. The number of sulfonamides is 1. The van der Waals surface area contributed by atoms with Crippen LogP contribution in [0.2, 0.25) is 5.02 Å². The molecule has 0 unspecified atom stereocenters. The van der Waals surface area contributed by atoms with Crippen molar-refractivity contribution in [2.75, 3.05) is 32.2 Å². The maximum atomic E-state index is 13.8. The maximum absolute atomic E-state index is 13.8. The number of carbonyl (C=O) groups is 1. The molecule has 1 aliphatic rings. The Morgan fingerprint density at radius 3 is 2.17 bits per heavy atom. The van der Waals surface area contributed by atoms with Gasteiger partial charge in [-0.05, 0) is 56.0 Å². The first-order chi connectivity index (χ1) is 17.3. The number of ether oxygens (including phenoxy) is 3. The lowest BCUT2D eigenvalue weighted by Crippen LogP contribution is -2.40. The molecule has 36 heavy (non-hydrogen) atoms. The quantitative estimate of drug-likeness (QED) is 0.461. The van der Waals surface area contributed by atoms with E-state index in [4.69, 9.17) is 25.8 Å². The minimum Gasteiger partial charge on any atom is -0.495 e. The second-order valence-corrected chi connectivity index (χ2v) is 10.6. The number of anilines is 1. The molecule has 1 saturated carbocycles. The first-order valence-electron chi connectivity index (χ1n) is 11.7. The normalized spacial score (nSPS) is 14.3. The predicted molar refractivity (Wildman–Crippen MR) is 140 cm³/mol. The zero-order chi connectivity index (χ0) is 26.1. The van der Waals surface area contributed by atoms with Crippen LogP contribution in [0.1, 0.15) is 44.9 Å². The van der Waals surface area contributed by atoms with Crippen LogP contribution in [0, 0.1) is 0 Å². The van der Waals surface area contributed by atoms with Crippen LogP contribution < -0.4 is 23.9 Å². The molecule has 0 radical (unpaired) electrons. The number of hydrogen-bond acceptors (Lipinski definition) is 7. The number of carbonyl (C=O) groups excluding carboxylic acids is 1. The van der Waals surface area contributed by atoms with Gasteiger partial charge in [0.2, 0.25) is 0 Å². The minimum absolute atomic E-state index is 0.0960. The lowest BCUT2D eigenvalue weighted by Gasteiger charge is -2.26. The second kappa shape index (κ2) is 12.8. The number of nitrogens with one attached hydrogen (secondary N) is 1. The first kappa shape index (κ1) is 27.6. The van der Waals surface area contributed by atoms with Gasteiger partial charge < -0.3 is 14.2 Å². The van der Waals surface area contributed by atoms with E-state index in [-0.39, 0.29) is 27.1 Å². The summed E-state index contributed by atoms with van der Waals surface area (Å²) in [7, 11) is 0.0174. The Hall–Kier alpha value is -2.98. The van der Waals surface area contributed by atoms with Crippen molar-refractivity contribution in [3.8, 4) is 17.2 Å². The lowest BCUT2D eigenvalue weighted by molar-refractivity contribution is -0.119. The number of benzene rings is 2. The standard InChI is InChI=1S/C25H32ClN3O6S/c1-33-22-13-11-18(26)15-21(22)29(17-25(30)28-27-19-9-7-5-4-6-8-10-19)36(31,32)20-12-14-23(34-2)24(16-20)35-3/h11-16H,4-10,17H2,1-3H3,(H,28,30). The van der Waals surface area contributed by atoms with E-state index >= 15 is 0 Å². The summed E-state index contributed by atoms with van der Waals surface area (Å²) in [5, 5.41) is 4.58. The van der Waals surface area contributed by atoms with Crippen molar-refractivity contribution in [2.24, 2.45) is 5.10 Å². The van der Waals surface area contributed by atoms with Gasteiger partial charge >= 0.3 is 0 Å². The summed E-state index contributed by atoms with van der Waals surface area (Å²) in [5.74, 6) is 0.256. The zero-order valence-electron chi connectivity index (χ0n) is 20.8. The molecule has 0 aliphatic heterocycles. The van der Waals surface area contributed by atoms with Gasteiger partial charge in [-0.25, -0.2) is 13.8 Å². The van der Waals surface area contributed by atoms with Gasteiger partial charge in [-0.15, -0.1) is 0 Å². The predicted octanol–water partition coefficient (Wildman–Crippen LogP) is 4.78. The highest BCUT2D eigenvalue weighted by molar-refractivity contribution is 7.92. The van der Waals surface area contributed by atoms with E-state index in [9.17, 15) is 13.2 Å².